The standard InChI is InChI=1S/C31H46F6O4/c1-19-21(16-22(38)17-24(19)39)10-9-20-8-6-15-28(5)23(20)11-12-25(28)27(4,14-7-13-26(2,3)40)18-29(41,30(32,33)34)31(35,36)37/h9-10,22-25,38-41H,1,6-8,11-18H2,2-5H3/b20-9+,21-10-/t22?,23?,24-,25?,27+,28-/m0/s1. The van der Waals surface area contributed by atoms with Crippen molar-refractivity contribution >= 4 is 0 Å². The highest BCUT2D eigenvalue weighted by atomic mass is 19.4. The lowest BCUT2D eigenvalue weighted by atomic mass is 9.54. The van der Waals surface area contributed by atoms with Crippen molar-refractivity contribution in [2.45, 2.75) is 134 Å². The lowest BCUT2D eigenvalue weighted by molar-refractivity contribution is -0.378. The van der Waals surface area contributed by atoms with Gasteiger partial charge in [0.25, 0.3) is 5.60 Å². The Labute approximate surface area is 239 Å². The summed E-state index contributed by atoms with van der Waals surface area (Å²) in [5, 5.41) is 40.8. The van der Waals surface area contributed by atoms with Gasteiger partial charge in [0.15, 0.2) is 0 Å². The second-order valence-corrected chi connectivity index (χ2v) is 14.0. The molecule has 0 heterocycles. The molecular weight excluding hydrogens is 550 g/mol. The van der Waals surface area contributed by atoms with Crippen LogP contribution in [0, 0.1) is 22.7 Å². The van der Waals surface area contributed by atoms with Crippen LogP contribution in [0.5, 0.6) is 0 Å². The summed E-state index contributed by atoms with van der Waals surface area (Å²) in [5.74, 6) is -0.592. The van der Waals surface area contributed by atoms with E-state index in [0.717, 1.165) is 17.6 Å². The summed E-state index contributed by atoms with van der Waals surface area (Å²) in [6, 6.07) is 0. The van der Waals surface area contributed by atoms with E-state index in [1.165, 1.54) is 6.92 Å². The van der Waals surface area contributed by atoms with Gasteiger partial charge in [-0.3, -0.25) is 0 Å². The van der Waals surface area contributed by atoms with Gasteiger partial charge in [0, 0.05) is 6.42 Å². The molecule has 3 saturated carbocycles. The average Bonchev–Trinajstić information content (AvgIpc) is 3.16. The van der Waals surface area contributed by atoms with E-state index in [1.54, 1.807) is 13.8 Å². The number of aliphatic hydroxyl groups is 4. The Bertz CT molecular complexity index is 1010. The zero-order valence-electron chi connectivity index (χ0n) is 24.5. The molecule has 236 valence electrons. The Morgan fingerprint density at radius 3 is 2.12 bits per heavy atom. The number of fused-ring (bicyclic) bond motifs is 1. The van der Waals surface area contributed by atoms with Crippen LogP contribution in [0.1, 0.15) is 98.3 Å². The zero-order valence-corrected chi connectivity index (χ0v) is 24.5. The van der Waals surface area contributed by atoms with Crippen LogP contribution in [0.4, 0.5) is 26.3 Å². The zero-order chi connectivity index (χ0) is 31.2. The van der Waals surface area contributed by atoms with Crippen LogP contribution in [0.2, 0.25) is 0 Å². The molecular formula is C31H46F6O4. The van der Waals surface area contributed by atoms with E-state index in [-0.39, 0.29) is 31.6 Å². The summed E-state index contributed by atoms with van der Waals surface area (Å²) < 4.78 is 83.5. The molecule has 0 aromatic carbocycles. The maximum absolute atomic E-state index is 13.9. The lowest BCUT2D eigenvalue weighted by Crippen LogP contribution is -2.60. The summed E-state index contributed by atoms with van der Waals surface area (Å²) in [6.07, 6.45) is -7.00. The lowest BCUT2D eigenvalue weighted by Gasteiger charge is -2.51. The second-order valence-electron chi connectivity index (χ2n) is 14.0. The molecule has 0 spiro atoms. The highest BCUT2D eigenvalue weighted by Gasteiger charge is 2.72. The van der Waals surface area contributed by atoms with Gasteiger partial charge in [-0.05, 0) is 105 Å². The van der Waals surface area contributed by atoms with E-state index in [2.05, 4.69) is 6.58 Å². The molecule has 41 heavy (non-hydrogen) atoms. The number of halogens is 6. The van der Waals surface area contributed by atoms with E-state index in [4.69, 9.17) is 0 Å². The van der Waals surface area contributed by atoms with Crippen molar-refractivity contribution in [1.82, 2.24) is 0 Å². The molecule has 0 aromatic heterocycles. The Hall–Kier alpha value is -1.36. The largest absolute Gasteiger partial charge is 0.426 e. The fourth-order valence-electron chi connectivity index (χ4n) is 8.11. The number of allylic oxidation sites excluding steroid dienone is 3. The number of aliphatic hydroxyl groups excluding tert-OH is 2. The topological polar surface area (TPSA) is 80.9 Å². The predicted molar refractivity (Wildman–Crippen MR) is 145 cm³/mol. The highest BCUT2D eigenvalue weighted by molar-refractivity contribution is 5.38. The summed E-state index contributed by atoms with van der Waals surface area (Å²) >= 11 is 0. The van der Waals surface area contributed by atoms with Crippen molar-refractivity contribution in [3.8, 4) is 0 Å². The van der Waals surface area contributed by atoms with Crippen LogP contribution in [0.25, 0.3) is 0 Å². The maximum atomic E-state index is 13.9. The van der Waals surface area contributed by atoms with E-state index in [9.17, 15) is 46.8 Å². The minimum Gasteiger partial charge on any atom is -0.393 e. The van der Waals surface area contributed by atoms with E-state index >= 15 is 0 Å². The monoisotopic (exact) mass is 596 g/mol. The van der Waals surface area contributed by atoms with Gasteiger partial charge < -0.3 is 20.4 Å². The van der Waals surface area contributed by atoms with Gasteiger partial charge in [0.05, 0.1) is 17.8 Å². The van der Waals surface area contributed by atoms with Crippen molar-refractivity contribution in [2.75, 3.05) is 0 Å². The van der Waals surface area contributed by atoms with Gasteiger partial charge in [-0.15, -0.1) is 0 Å². The smallest absolute Gasteiger partial charge is 0.393 e. The van der Waals surface area contributed by atoms with Crippen molar-refractivity contribution in [2.24, 2.45) is 22.7 Å². The second kappa shape index (κ2) is 11.6. The highest BCUT2D eigenvalue weighted by Crippen LogP contribution is 2.65. The van der Waals surface area contributed by atoms with Crippen LogP contribution in [-0.2, 0) is 0 Å². The third kappa shape index (κ3) is 7.07. The number of rotatable bonds is 8. The van der Waals surface area contributed by atoms with Crippen LogP contribution in [0.3, 0.4) is 0 Å². The molecule has 3 unspecified atom stereocenters. The van der Waals surface area contributed by atoms with Crippen molar-refractivity contribution in [3.05, 3.63) is 35.5 Å². The molecule has 4 nitrogen and oxygen atoms in total. The average molecular weight is 597 g/mol. The van der Waals surface area contributed by atoms with Crippen LogP contribution < -0.4 is 0 Å². The van der Waals surface area contributed by atoms with Crippen molar-refractivity contribution in [1.29, 1.82) is 0 Å². The molecule has 4 N–H and O–H groups in total. The minimum atomic E-state index is -5.90. The molecule has 3 fully saturated rings. The Kier molecular flexibility index (Phi) is 9.67. The first kappa shape index (κ1) is 34.1. The number of alkyl halides is 6. The third-order valence-corrected chi connectivity index (χ3v) is 10.2. The fourth-order valence-corrected chi connectivity index (χ4v) is 8.11. The van der Waals surface area contributed by atoms with Crippen LogP contribution in [0.15, 0.2) is 35.5 Å². The molecule has 10 heteroatoms. The summed E-state index contributed by atoms with van der Waals surface area (Å²) in [7, 11) is 0. The molecule has 3 aliphatic rings. The minimum absolute atomic E-state index is 0.00284. The van der Waals surface area contributed by atoms with Gasteiger partial charge in [0.2, 0.25) is 0 Å². The first-order valence-corrected chi connectivity index (χ1v) is 14.6. The van der Waals surface area contributed by atoms with E-state index in [0.29, 0.717) is 37.7 Å². The first-order valence-electron chi connectivity index (χ1n) is 14.6. The quantitative estimate of drug-likeness (QED) is 0.221. The molecule has 3 aliphatic carbocycles. The van der Waals surface area contributed by atoms with E-state index in [1.807, 2.05) is 19.1 Å². The van der Waals surface area contributed by atoms with Gasteiger partial charge in [-0.25, -0.2) is 0 Å². The number of hydrogen-bond acceptors (Lipinski definition) is 4. The molecule has 0 aliphatic heterocycles. The molecule has 3 rings (SSSR count). The van der Waals surface area contributed by atoms with E-state index < -0.39 is 58.9 Å². The van der Waals surface area contributed by atoms with Gasteiger partial charge in [-0.2, -0.15) is 26.3 Å². The normalized spacial score (nSPS) is 33.8. The summed E-state index contributed by atoms with van der Waals surface area (Å²) in [4.78, 5) is 0. The van der Waals surface area contributed by atoms with Gasteiger partial charge in [0.1, 0.15) is 0 Å². The molecule has 0 radical (unpaired) electrons. The maximum Gasteiger partial charge on any atom is 0.426 e. The van der Waals surface area contributed by atoms with Gasteiger partial charge >= 0.3 is 12.4 Å². The molecule has 0 aromatic rings. The Morgan fingerprint density at radius 2 is 1.56 bits per heavy atom. The molecule has 0 amide bonds. The summed E-state index contributed by atoms with van der Waals surface area (Å²) in [6.45, 7) is 10.4. The Balaban J connectivity index is 1.99. The SMILES string of the molecule is C=C1/C(=C\C=C2/CCC[C@@]3(C)C2CCC3[C@](C)(CCCC(C)(C)O)CC(O)(C(F)(F)F)C(F)(F)F)CC(O)C[C@@H]1O. The van der Waals surface area contributed by atoms with Crippen LogP contribution >= 0.6 is 0 Å². The molecule has 0 bridgehead atoms. The fraction of sp³-hybridized carbons (Fsp3) is 0.806. The third-order valence-electron chi connectivity index (χ3n) is 10.2. The predicted octanol–water partition coefficient (Wildman–Crippen LogP) is 7.32. The molecule has 0 saturated heterocycles. The number of hydrogen-bond donors (Lipinski definition) is 4. The van der Waals surface area contributed by atoms with Crippen molar-refractivity contribution in [3.63, 3.8) is 0 Å². The Morgan fingerprint density at radius 1 is 0.951 bits per heavy atom. The first-order chi connectivity index (χ1) is 18.5. The van der Waals surface area contributed by atoms with Crippen LogP contribution in [-0.4, -0.2) is 56.2 Å². The summed E-state index contributed by atoms with van der Waals surface area (Å²) in [5.41, 5.74) is -5.77. The van der Waals surface area contributed by atoms with Crippen molar-refractivity contribution < 1.29 is 46.8 Å². The van der Waals surface area contributed by atoms with Gasteiger partial charge in [-0.1, -0.05) is 44.6 Å². The molecule has 6 atom stereocenters.